The summed E-state index contributed by atoms with van der Waals surface area (Å²) in [4.78, 5) is 7.23. The van der Waals surface area contributed by atoms with Crippen LogP contribution in [0.5, 0.6) is 0 Å². The van der Waals surface area contributed by atoms with E-state index >= 15 is 0 Å². The van der Waals surface area contributed by atoms with Crippen molar-refractivity contribution in [3.05, 3.63) is 11.6 Å². The largest absolute Gasteiger partial charge is 0.376 e. The molecule has 1 unspecified atom stereocenters. The van der Waals surface area contributed by atoms with E-state index in [9.17, 15) is 0 Å². The third-order valence-electron chi connectivity index (χ3n) is 5.29. The standard InChI is InChI=1S/C20H39N7O.HI/c1-15(2)27(16(3)4)11-8-10-21-20(22-13-18-9-7-12-28-18)23-14-19-25-24-17(5)26(19)6;/h15-16,18H,7-14H2,1-6H3,(H2,21,22,23);1H. The van der Waals surface area contributed by atoms with Gasteiger partial charge in [0.15, 0.2) is 11.8 Å². The van der Waals surface area contributed by atoms with Crippen molar-refractivity contribution < 1.29 is 4.74 Å². The Balaban J connectivity index is 0.00000420. The molecule has 0 bridgehead atoms. The third-order valence-corrected chi connectivity index (χ3v) is 5.29. The lowest BCUT2D eigenvalue weighted by molar-refractivity contribution is 0.113. The zero-order chi connectivity index (χ0) is 20.5. The van der Waals surface area contributed by atoms with Gasteiger partial charge in [0.25, 0.3) is 0 Å². The molecule has 1 fully saturated rings. The maximum atomic E-state index is 5.72. The van der Waals surface area contributed by atoms with Crippen LogP contribution in [-0.4, -0.2) is 70.1 Å². The highest BCUT2D eigenvalue weighted by molar-refractivity contribution is 14.0. The van der Waals surface area contributed by atoms with Crippen LogP contribution in [0.3, 0.4) is 0 Å². The van der Waals surface area contributed by atoms with E-state index in [1.165, 1.54) is 0 Å². The van der Waals surface area contributed by atoms with Crippen molar-refractivity contribution in [3.8, 4) is 0 Å². The number of hydrogen-bond donors (Lipinski definition) is 2. The number of aromatic nitrogens is 3. The van der Waals surface area contributed by atoms with Gasteiger partial charge in [-0.15, -0.1) is 34.2 Å². The Morgan fingerprint density at radius 1 is 1.24 bits per heavy atom. The molecule has 1 saturated heterocycles. The number of aryl methyl sites for hydroxylation is 1. The molecule has 1 aromatic heterocycles. The van der Waals surface area contributed by atoms with Gasteiger partial charge >= 0.3 is 0 Å². The predicted octanol–water partition coefficient (Wildman–Crippen LogP) is 2.46. The highest BCUT2D eigenvalue weighted by Gasteiger charge is 2.16. The molecule has 0 aliphatic carbocycles. The summed E-state index contributed by atoms with van der Waals surface area (Å²) in [5.41, 5.74) is 0. The number of hydrogen-bond acceptors (Lipinski definition) is 5. The summed E-state index contributed by atoms with van der Waals surface area (Å²) in [7, 11) is 1.97. The number of halogens is 1. The van der Waals surface area contributed by atoms with Crippen LogP contribution < -0.4 is 10.6 Å². The van der Waals surface area contributed by atoms with Crippen LogP contribution in [0.1, 0.15) is 58.6 Å². The van der Waals surface area contributed by atoms with Gasteiger partial charge in [0.2, 0.25) is 0 Å². The zero-order valence-corrected chi connectivity index (χ0v) is 21.3. The molecular formula is C20H40IN7O. The van der Waals surface area contributed by atoms with Gasteiger partial charge in [0.1, 0.15) is 12.4 Å². The Morgan fingerprint density at radius 2 is 1.97 bits per heavy atom. The summed E-state index contributed by atoms with van der Waals surface area (Å²) in [6, 6.07) is 1.12. The Kier molecular flexibility index (Phi) is 12.0. The topological polar surface area (TPSA) is 79.6 Å². The molecule has 2 N–H and O–H groups in total. The molecule has 9 heteroatoms. The fourth-order valence-electron chi connectivity index (χ4n) is 3.51. The highest BCUT2D eigenvalue weighted by atomic mass is 127. The predicted molar refractivity (Wildman–Crippen MR) is 129 cm³/mol. The van der Waals surface area contributed by atoms with Crippen LogP contribution >= 0.6 is 24.0 Å². The molecule has 1 atom stereocenters. The van der Waals surface area contributed by atoms with Gasteiger partial charge in [-0.3, -0.25) is 4.90 Å². The lowest BCUT2D eigenvalue weighted by Gasteiger charge is -2.30. The molecule has 0 radical (unpaired) electrons. The van der Waals surface area contributed by atoms with Crippen LogP contribution in [0.15, 0.2) is 4.99 Å². The van der Waals surface area contributed by atoms with Crippen molar-refractivity contribution in [2.45, 2.75) is 78.6 Å². The molecule has 0 aromatic carbocycles. The Morgan fingerprint density at radius 3 is 2.52 bits per heavy atom. The molecule has 0 saturated carbocycles. The Labute approximate surface area is 193 Å². The molecule has 1 aromatic rings. The number of nitrogens with zero attached hydrogens (tertiary/aromatic N) is 5. The molecule has 29 heavy (non-hydrogen) atoms. The summed E-state index contributed by atoms with van der Waals surface area (Å²) in [5, 5.41) is 15.2. The minimum absolute atomic E-state index is 0. The average Bonchev–Trinajstić information content (AvgIpc) is 3.27. The molecule has 1 aliphatic heterocycles. The minimum atomic E-state index is 0. The first-order valence-electron chi connectivity index (χ1n) is 10.6. The first-order valence-corrected chi connectivity index (χ1v) is 10.6. The molecule has 0 spiro atoms. The van der Waals surface area contributed by atoms with Gasteiger partial charge in [-0.25, -0.2) is 4.99 Å². The lowest BCUT2D eigenvalue weighted by Crippen LogP contribution is -2.43. The molecule has 2 rings (SSSR count). The molecule has 2 heterocycles. The number of ether oxygens (including phenoxy) is 1. The highest BCUT2D eigenvalue weighted by Crippen LogP contribution is 2.10. The van der Waals surface area contributed by atoms with E-state index in [0.717, 1.165) is 63.1 Å². The Bertz CT molecular complexity index is 604. The van der Waals surface area contributed by atoms with E-state index in [2.05, 4.69) is 53.4 Å². The van der Waals surface area contributed by atoms with Crippen molar-refractivity contribution >= 4 is 29.9 Å². The lowest BCUT2D eigenvalue weighted by atomic mass is 10.2. The molecule has 1 aliphatic rings. The minimum Gasteiger partial charge on any atom is -0.376 e. The van der Waals surface area contributed by atoms with Crippen molar-refractivity contribution in [3.63, 3.8) is 0 Å². The quantitative estimate of drug-likeness (QED) is 0.213. The van der Waals surface area contributed by atoms with Gasteiger partial charge in [-0.1, -0.05) is 0 Å². The Hall–Kier alpha value is -0.940. The maximum Gasteiger partial charge on any atom is 0.191 e. The van der Waals surface area contributed by atoms with Crippen LogP contribution in [0, 0.1) is 6.92 Å². The molecule has 0 amide bonds. The second kappa shape index (κ2) is 13.4. The summed E-state index contributed by atoms with van der Waals surface area (Å²) >= 11 is 0. The monoisotopic (exact) mass is 521 g/mol. The first-order chi connectivity index (χ1) is 13.4. The maximum absolute atomic E-state index is 5.72. The summed E-state index contributed by atoms with van der Waals surface area (Å²) in [6.45, 7) is 15.1. The van der Waals surface area contributed by atoms with E-state index in [-0.39, 0.29) is 30.1 Å². The smallest absolute Gasteiger partial charge is 0.191 e. The number of rotatable bonds is 10. The van der Waals surface area contributed by atoms with Crippen molar-refractivity contribution in [2.24, 2.45) is 12.0 Å². The fraction of sp³-hybridized carbons (Fsp3) is 0.850. The summed E-state index contributed by atoms with van der Waals surface area (Å²) in [5.74, 6) is 2.58. The van der Waals surface area contributed by atoms with E-state index in [1.54, 1.807) is 0 Å². The molecular weight excluding hydrogens is 481 g/mol. The van der Waals surface area contributed by atoms with Gasteiger partial charge in [0.05, 0.1) is 6.10 Å². The second-order valence-corrected chi connectivity index (χ2v) is 8.11. The summed E-state index contributed by atoms with van der Waals surface area (Å²) in [6.07, 6.45) is 3.60. The van der Waals surface area contributed by atoms with Gasteiger partial charge < -0.3 is 19.9 Å². The molecule has 168 valence electrons. The number of guanidine groups is 1. The van der Waals surface area contributed by atoms with E-state index in [0.29, 0.717) is 18.6 Å². The average molecular weight is 521 g/mol. The normalized spacial score (nSPS) is 17.3. The van der Waals surface area contributed by atoms with Gasteiger partial charge in [-0.05, 0) is 53.9 Å². The zero-order valence-electron chi connectivity index (χ0n) is 18.9. The summed E-state index contributed by atoms with van der Waals surface area (Å²) < 4.78 is 7.70. The number of aliphatic imine (C=N–C) groups is 1. The van der Waals surface area contributed by atoms with Crippen LogP contribution in [0.2, 0.25) is 0 Å². The fourth-order valence-corrected chi connectivity index (χ4v) is 3.51. The third kappa shape index (κ3) is 8.75. The second-order valence-electron chi connectivity index (χ2n) is 8.11. The van der Waals surface area contributed by atoms with E-state index < -0.39 is 0 Å². The van der Waals surface area contributed by atoms with Gasteiger partial charge in [-0.2, -0.15) is 0 Å². The molecule has 8 nitrogen and oxygen atoms in total. The van der Waals surface area contributed by atoms with E-state index in [1.807, 2.05) is 18.5 Å². The van der Waals surface area contributed by atoms with Crippen molar-refractivity contribution in [1.82, 2.24) is 30.3 Å². The van der Waals surface area contributed by atoms with Crippen molar-refractivity contribution in [2.75, 3.05) is 26.2 Å². The van der Waals surface area contributed by atoms with Crippen LogP contribution in [-0.2, 0) is 18.3 Å². The van der Waals surface area contributed by atoms with E-state index in [4.69, 9.17) is 9.73 Å². The van der Waals surface area contributed by atoms with Crippen LogP contribution in [0.4, 0.5) is 0 Å². The number of nitrogens with one attached hydrogen (secondary N) is 2. The van der Waals surface area contributed by atoms with Gasteiger partial charge in [0, 0.05) is 45.4 Å². The van der Waals surface area contributed by atoms with Crippen molar-refractivity contribution in [1.29, 1.82) is 0 Å². The first kappa shape index (κ1) is 26.1. The SMILES string of the molecule is Cc1nnc(CN=C(NCCCN(C(C)C)C(C)C)NCC2CCCO2)n1C.I. The van der Waals surface area contributed by atoms with Crippen LogP contribution in [0.25, 0.3) is 0 Å².